The molecule has 0 radical (unpaired) electrons. The number of para-hydroxylation sites is 1. The summed E-state index contributed by atoms with van der Waals surface area (Å²) in [4.78, 5) is 23.5. The first kappa shape index (κ1) is 17.8. The molecule has 0 saturated carbocycles. The molecule has 24 heavy (non-hydrogen) atoms. The van der Waals surface area contributed by atoms with Gasteiger partial charge in [-0.2, -0.15) is 0 Å². The number of aryl methyl sites for hydroxylation is 1. The van der Waals surface area contributed by atoms with Gasteiger partial charge in [-0.3, -0.25) is 9.59 Å². The summed E-state index contributed by atoms with van der Waals surface area (Å²) in [6.07, 6.45) is 0.414. The van der Waals surface area contributed by atoms with Crippen LogP contribution in [-0.2, 0) is 9.59 Å². The summed E-state index contributed by atoms with van der Waals surface area (Å²) in [7, 11) is 0. The summed E-state index contributed by atoms with van der Waals surface area (Å²) in [6.45, 7) is 3.81. The maximum absolute atomic E-state index is 12.0. The number of hydrogen-bond donors (Lipinski definition) is 3. The Balaban J connectivity index is 1.96. The van der Waals surface area contributed by atoms with Gasteiger partial charge in [-0.1, -0.05) is 36.7 Å². The van der Waals surface area contributed by atoms with Crippen LogP contribution in [0.3, 0.4) is 0 Å². The van der Waals surface area contributed by atoms with Crippen molar-refractivity contribution >= 4 is 40.5 Å². The van der Waals surface area contributed by atoms with Crippen LogP contribution in [0.5, 0.6) is 0 Å². The molecule has 3 N–H and O–H groups in total. The summed E-state index contributed by atoms with van der Waals surface area (Å²) in [5.41, 5.74) is 3.02. The van der Waals surface area contributed by atoms with Gasteiger partial charge in [0, 0.05) is 17.8 Å². The SMILES string of the molecule is CCC(=O)Nc1cc(NCC(=O)Nc2ccccc2Cl)ccc1C. The van der Waals surface area contributed by atoms with Crippen molar-refractivity contribution in [3.8, 4) is 0 Å². The zero-order valence-electron chi connectivity index (χ0n) is 13.7. The fourth-order valence-corrected chi connectivity index (χ4v) is 2.23. The molecule has 0 aromatic heterocycles. The number of carbonyl (C=O) groups is 2. The predicted molar refractivity (Wildman–Crippen MR) is 98.7 cm³/mol. The van der Waals surface area contributed by atoms with Gasteiger partial charge in [-0.15, -0.1) is 0 Å². The highest BCUT2D eigenvalue weighted by Crippen LogP contribution is 2.22. The van der Waals surface area contributed by atoms with Crippen LogP contribution in [0.1, 0.15) is 18.9 Å². The lowest BCUT2D eigenvalue weighted by molar-refractivity contribution is -0.116. The Morgan fingerprint density at radius 1 is 1.00 bits per heavy atom. The Morgan fingerprint density at radius 3 is 2.42 bits per heavy atom. The van der Waals surface area contributed by atoms with E-state index < -0.39 is 0 Å². The highest BCUT2D eigenvalue weighted by atomic mass is 35.5. The lowest BCUT2D eigenvalue weighted by atomic mass is 10.1. The Hall–Kier alpha value is -2.53. The van der Waals surface area contributed by atoms with Crippen LogP contribution in [0, 0.1) is 6.92 Å². The van der Waals surface area contributed by atoms with Crippen molar-refractivity contribution in [3.63, 3.8) is 0 Å². The van der Waals surface area contributed by atoms with Gasteiger partial charge in [-0.25, -0.2) is 0 Å². The molecule has 0 atom stereocenters. The molecular formula is C18H20ClN3O2. The fraction of sp³-hybridized carbons (Fsp3) is 0.222. The van der Waals surface area contributed by atoms with E-state index in [1.807, 2.05) is 25.1 Å². The quantitative estimate of drug-likeness (QED) is 0.739. The number of hydrogen-bond acceptors (Lipinski definition) is 3. The Bertz CT molecular complexity index is 747. The van der Waals surface area contributed by atoms with E-state index in [0.29, 0.717) is 17.1 Å². The van der Waals surface area contributed by atoms with E-state index >= 15 is 0 Å². The van der Waals surface area contributed by atoms with E-state index in [4.69, 9.17) is 11.6 Å². The Kier molecular flexibility index (Phi) is 6.21. The lowest BCUT2D eigenvalue weighted by Gasteiger charge is -2.12. The third-order valence-electron chi connectivity index (χ3n) is 3.43. The summed E-state index contributed by atoms with van der Waals surface area (Å²) in [6, 6.07) is 12.6. The minimum atomic E-state index is -0.206. The Labute approximate surface area is 146 Å². The number of anilines is 3. The van der Waals surface area contributed by atoms with Crippen LogP contribution in [0.15, 0.2) is 42.5 Å². The smallest absolute Gasteiger partial charge is 0.243 e. The van der Waals surface area contributed by atoms with Crippen molar-refractivity contribution in [2.75, 3.05) is 22.5 Å². The average molecular weight is 346 g/mol. The maximum atomic E-state index is 12.0. The van der Waals surface area contributed by atoms with Crippen molar-refractivity contribution in [1.82, 2.24) is 0 Å². The van der Waals surface area contributed by atoms with E-state index in [9.17, 15) is 9.59 Å². The van der Waals surface area contributed by atoms with Crippen LogP contribution in [0.4, 0.5) is 17.1 Å². The second-order valence-electron chi connectivity index (χ2n) is 5.31. The third-order valence-corrected chi connectivity index (χ3v) is 3.76. The summed E-state index contributed by atoms with van der Waals surface area (Å²) in [5, 5.41) is 9.11. The van der Waals surface area contributed by atoms with Crippen molar-refractivity contribution in [3.05, 3.63) is 53.1 Å². The Morgan fingerprint density at radius 2 is 1.71 bits per heavy atom. The number of nitrogens with one attached hydrogen (secondary N) is 3. The predicted octanol–water partition coefficient (Wildman–Crippen LogP) is 4.05. The first-order valence-electron chi connectivity index (χ1n) is 7.68. The second kappa shape index (κ2) is 8.36. The minimum absolute atomic E-state index is 0.0493. The molecule has 2 aromatic carbocycles. The molecule has 0 saturated heterocycles. The molecule has 0 aliphatic carbocycles. The van der Waals surface area contributed by atoms with Crippen LogP contribution in [0.25, 0.3) is 0 Å². The van der Waals surface area contributed by atoms with Crippen LogP contribution < -0.4 is 16.0 Å². The number of benzene rings is 2. The average Bonchev–Trinajstić information content (AvgIpc) is 2.57. The molecular weight excluding hydrogens is 326 g/mol. The first-order chi connectivity index (χ1) is 11.5. The van der Waals surface area contributed by atoms with Gasteiger partial charge in [0.1, 0.15) is 0 Å². The topological polar surface area (TPSA) is 70.2 Å². The normalized spacial score (nSPS) is 10.1. The van der Waals surface area contributed by atoms with Gasteiger partial charge < -0.3 is 16.0 Å². The van der Waals surface area contributed by atoms with E-state index in [2.05, 4.69) is 16.0 Å². The maximum Gasteiger partial charge on any atom is 0.243 e. The molecule has 2 amide bonds. The van der Waals surface area contributed by atoms with Crippen molar-refractivity contribution in [2.45, 2.75) is 20.3 Å². The first-order valence-corrected chi connectivity index (χ1v) is 8.06. The van der Waals surface area contributed by atoms with Gasteiger partial charge in [0.2, 0.25) is 11.8 Å². The van der Waals surface area contributed by atoms with E-state index in [1.165, 1.54) is 0 Å². The van der Waals surface area contributed by atoms with E-state index in [0.717, 1.165) is 16.9 Å². The molecule has 2 aromatic rings. The van der Waals surface area contributed by atoms with Gasteiger partial charge in [0.25, 0.3) is 0 Å². The molecule has 2 rings (SSSR count). The monoisotopic (exact) mass is 345 g/mol. The fourth-order valence-electron chi connectivity index (χ4n) is 2.04. The highest BCUT2D eigenvalue weighted by Gasteiger charge is 2.07. The minimum Gasteiger partial charge on any atom is -0.376 e. The van der Waals surface area contributed by atoms with Gasteiger partial charge in [0.05, 0.1) is 17.3 Å². The summed E-state index contributed by atoms with van der Waals surface area (Å²) < 4.78 is 0. The molecule has 0 fully saturated rings. The molecule has 126 valence electrons. The zero-order chi connectivity index (χ0) is 17.5. The highest BCUT2D eigenvalue weighted by molar-refractivity contribution is 6.33. The van der Waals surface area contributed by atoms with Crippen LogP contribution in [0.2, 0.25) is 5.02 Å². The molecule has 0 spiro atoms. The third kappa shape index (κ3) is 4.99. The number of carbonyl (C=O) groups excluding carboxylic acids is 2. The number of halogens is 1. The molecule has 0 unspecified atom stereocenters. The molecule has 0 heterocycles. The van der Waals surface area contributed by atoms with Gasteiger partial charge in [-0.05, 0) is 36.8 Å². The number of amides is 2. The van der Waals surface area contributed by atoms with E-state index in [-0.39, 0.29) is 18.4 Å². The molecule has 5 nitrogen and oxygen atoms in total. The molecule has 0 aliphatic rings. The standard InChI is InChI=1S/C18H20ClN3O2/c1-3-17(23)22-16-10-13(9-8-12(16)2)20-11-18(24)21-15-7-5-4-6-14(15)19/h4-10,20H,3,11H2,1-2H3,(H,21,24)(H,22,23). The lowest BCUT2D eigenvalue weighted by Crippen LogP contribution is -2.22. The zero-order valence-corrected chi connectivity index (χ0v) is 14.4. The van der Waals surface area contributed by atoms with Crippen molar-refractivity contribution in [1.29, 1.82) is 0 Å². The largest absolute Gasteiger partial charge is 0.376 e. The number of rotatable bonds is 6. The van der Waals surface area contributed by atoms with Crippen molar-refractivity contribution < 1.29 is 9.59 Å². The summed E-state index contributed by atoms with van der Waals surface area (Å²) in [5.74, 6) is -0.255. The van der Waals surface area contributed by atoms with Crippen LogP contribution >= 0.6 is 11.6 Å². The van der Waals surface area contributed by atoms with Crippen molar-refractivity contribution in [2.24, 2.45) is 0 Å². The molecule has 6 heteroatoms. The van der Waals surface area contributed by atoms with Crippen LogP contribution in [-0.4, -0.2) is 18.4 Å². The summed E-state index contributed by atoms with van der Waals surface area (Å²) >= 11 is 6.01. The molecule has 0 bridgehead atoms. The van der Waals surface area contributed by atoms with E-state index in [1.54, 1.807) is 31.2 Å². The molecule has 0 aliphatic heterocycles. The van der Waals surface area contributed by atoms with Gasteiger partial charge in [0.15, 0.2) is 0 Å². The second-order valence-corrected chi connectivity index (χ2v) is 5.72. The van der Waals surface area contributed by atoms with Gasteiger partial charge >= 0.3 is 0 Å².